The van der Waals surface area contributed by atoms with Gasteiger partial charge in [0.2, 0.25) is 5.95 Å². The van der Waals surface area contributed by atoms with Crippen LogP contribution in [0, 0.1) is 5.92 Å². The molecule has 4 rings (SSSR count). The van der Waals surface area contributed by atoms with E-state index in [0.29, 0.717) is 12.1 Å². The maximum atomic E-state index is 6.10. The summed E-state index contributed by atoms with van der Waals surface area (Å²) in [4.78, 5) is 14.0. The Kier molecular flexibility index (Phi) is 4.01. The van der Waals surface area contributed by atoms with Gasteiger partial charge in [0.25, 0.3) is 0 Å². The second-order valence-corrected chi connectivity index (χ2v) is 6.97. The maximum absolute atomic E-state index is 6.10. The summed E-state index contributed by atoms with van der Waals surface area (Å²) < 4.78 is 6.10. The Labute approximate surface area is 132 Å². The number of nitrogens with zero attached hydrogens (tertiary/aromatic N) is 4. The van der Waals surface area contributed by atoms with Crippen LogP contribution < -0.4 is 4.90 Å². The highest BCUT2D eigenvalue weighted by Crippen LogP contribution is 2.31. The molecule has 0 spiro atoms. The SMILES string of the molecule is CCc1cnc(N2CCN3C[C@H](OCC4CC4)C[C@@H]3C2)nc1. The highest BCUT2D eigenvalue weighted by atomic mass is 16.5. The lowest BCUT2D eigenvalue weighted by atomic mass is 10.1. The molecule has 120 valence electrons. The second-order valence-electron chi connectivity index (χ2n) is 6.97. The summed E-state index contributed by atoms with van der Waals surface area (Å²) in [7, 11) is 0. The van der Waals surface area contributed by atoms with Gasteiger partial charge in [-0.2, -0.15) is 0 Å². The Morgan fingerprint density at radius 1 is 1.18 bits per heavy atom. The minimum atomic E-state index is 0.439. The number of piperazine rings is 1. The fourth-order valence-corrected chi connectivity index (χ4v) is 3.55. The summed E-state index contributed by atoms with van der Waals surface area (Å²) in [6, 6.07) is 0.604. The Bertz CT molecular complexity index is 502. The molecular weight excluding hydrogens is 276 g/mol. The van der Waals surface area contributed by atoms with Gasteiger partial charge in [-0.25, -0.2) is 9.97 Å². The van der Waals surface area contributed by atoms with E-state index >= 15 is 0 Å². The van der Waals surface area contributed by atoms with Crippen molar-refractivity contribution in [3.05, 3.63) is 18.0 Å². The summed E-state index contributed by atoms with van der Waals surface area (Å²) in [6.45, 7) is 7.40. The number of hydrogen-bond donors (Lipinski definition) is 0. The lowest BCUT2D eigenvalue weighted by Gasteiger charge is -2.37. The molecule has 1 aromatic rings. The van der Waals surface area contributed by atoms with Gasteiger partial charge in [-0.05, 0) is 37.2 Å². The quantitative estimate of drug-likeness (QED) is 0.828. The molecule has 3 heterocycles. The van der Waals surface area contributed by atoms with Crippen molar-refractivity contribution >= 4 is 5.95 Å². The molecule has 0 amide bonds. The van der Waals surface area contributed by atoms with Gasteiger partial charge in [0.15, 0.2) is 0 Å². The van der Waals surface area contributed by atoms with Crippen molar-refractivity contribution in [1.29, 1.82) is 0 Å². The Hall–Kier alpha value is -1.20. The number of fused-ring (bicyclic) bond motifs is 1. The third-order valence-corrected chi connectivity index (χ3v) is 5.23. The van der Waals surface area contributed by atoms with Gasteiger partial charge in [-0.1, -0.05) is 6.92 Å². The first-order chi connectivity index (χ1) is 10.8. The molecule has 0 N–H and O–H groups in total. The van der Waals surface area contributed by atoms with Crippen molar-refractivity contribution in [3.8, 4) is 0 Å². The first-order valence-corrected chi connectivity index (χ1v) is 8.73. The van der Waals surface area contributed by atoms with Crippen molar-refractivity contribution in [2.75, 3.05) is 37.7 Å². The predicted octanol–water partition coefficient (Wildman–Crippen LogP) is 1.73. The highest BCUT2D eigenvalue weighted by Gasteiger charge is 2.37. The van der Waals surface area contributed by atoms with E-state index in [4.69, 9.17) is 4.74 Å². The second kappa shape index (κ2) is 6.13. The molecule has 1 aromatic heterocycles. The van der Waals surface area contributed by atoms with Gasteiger partial charge in [-0.3, -0.25) is 4.90 Å². The van der Waals surface area contributed by atoms with Crippen LogP contribution in [-0.2, 0) is 11.2 Å². The zero-order valence-electron chi connectivity index (χ0n) is 13.4. The Morgan fingerprint density at radius 2 is 2.00 bits per heavy atom. The van der Waals surface area contributed by atoms with Gasteiger partial charge in [0.1, 0.15) is 0 Å². The van der Waals surface area contributed by atoms with Crippen LogP contribution in [0.4, 0.5) is 5.95 Å². The molecule has 5 heteroatoms. The molecule has 2 saturated heterocycles. The number of rotatable bonds is 5. The summed E-state index contributed by atoms with van der Waals surface area (Å²) in [5.41, 5.74) is 1.21. The van der Waals surface area contributed by atoms with Gasteiger partial charge in [0.05, 0.1) is 6.10 Å². The van der Waals surface area contributed by atoms with Crippen LogP contribution in [0.5, 0.6) is 0 Å². The zero-order valence-corrected chi connectivity index (χ0v) is 13.4. The monoisotopic (exact) mass is 302 g/mol. The first-order valence-electron chi connectivity index (χ1n) is 8.73. The molecule has 2 atom stereocenters. The van der Waals surface area contributed by atoms with E-state index < -0.39 is 0 Å². The molecule has 0 unspecified atom stereocenters. The molecular formula is C17H26N4O. The molecule has 3 aliphatic rings. The molecule has 0 aromatic carbocycles. The van der Waals surface area contributed by atoms with Crippen molar-refractivity contribution in [1.82, 2.24) is 14.9 Å². The molecule has 3 fully saturated rings. The van der Waals surface area contributed by atoms with E-state index in [1.165, 1.54) is 18.4 Å². The van der Waals surface area contributed by atoms with Crippen LogP contribution in [0.15, 0.2) is 12.4 Å². The van der Waals surface area contributed by atoms with Gasteiger partial charge in [-0.15, -0.1) is 0 Å². The summed E-state index contributed by atoms with van der Waals surface area (Å²) in [5.74, 6) is 1.75. The average molecular weight is 302 g/mol. The van der Waals surface area contributed by atoms with E-state index in [1.807, 2.05) is 12.4 Å². The van der Waals surface area contributed by atoms with Crippen LogP contribution in [0.1, 0.15) is 31.7 Å². The van der Waals surface area contributed by atoms with Crippen LogP contribution >= 0.6 is 0 Å². The summed E-state index contributed by atoms with van der Waals surface area (Å²) >= 11 is 0. The minimum absolute atomic E-state index is 0.439. The molecule has 1 saturated carbocycles. The van der Waals surface area contributed by atoms with Crippen molar-refractivity contribution in [3.63, 3.8) is 0 Å². The minimum Gasteiger partial charge on any atom is -0.377 e. The zero-order chi connectivity index (χ0) is 14.9. The normalized spacial score (nSPS) is 28.9. The first kappa shape index (κ1) is 14.4. The van der Waals surface area contributed by atoms with Gasteiger partial charge >= 0.3 is 0 Å². The number of aryl methyl sites for hydroxylation is 1. The molecule has 5 nitrogen and oxygen atoms in total. The van der Waals surface area contributed by atoms with E-state index in [9.17, 15) is 0 Å². The van der Waals surface area contributed by atoms with E-state index in [0.717, 1.165) is 57.5 Å². The highest BCUT2D eigenvalue weighted by molar-refractivity contribution is 5.31. The van der Waals surface area contributed by atoms with E-state index in [-0.39, 0.29) is 0 Å². The number of ether oxygens (including phenoxy) is 1. The molecule has 22 heavy (non-hydrogen) atoms. The van der Waals surface area contributed by atoms with Crippen molar-refractivity contribution in [2.24, 2.45) is 5.92 Å². The third-order valence-electron chi connectivity index (χ3n) is 5.23. The van der Waals surface area contributed by atoms with Gasteiger partial charge < -0.3 is 9.64 Å². The number of aromatic nitrogens is 2. The molecule has 2 aliphatic heterocycles. The smallest absolute Gasteiger partial charge is 0.225 e. The van der Waals surface area contributed by atoms with Gasteiger partial charge in [0, 0.05) is 51.2 Å². The number of hydrogen-bond acceptors (Lipinski definition) is 5. The van der Waals surface area contributed by atoms with E-state index in [2.05, 4.69) is 26.7 Å². The third kappa shape index (κ3) is 3.10. The maximum Gasteiger partial charge on any atom is 0.225 e. The Morgan fingerprint density at radius 3 is 2.73 bits per heavy atom. The summed E-state index contributed by atoms with van der Waals surface area (Å²) in [5, 5.41) is 0. The van der Waals surface area contributed by atoms with E-state index in [1.54, 1.807) is 0 Å². The fraction of sp³-hybridized carbons (Fsp3) is 0.765. The largest absolute Gasteiger partial charge is 0.377 e. The number of anilines is 1. The molecule has 0 radical (unpaired) electrons. The standard InChI is InChI=1S/C17H26N4O/c1-2-13-8-18-17(19-9-13)21-6-5-20-11-16(7-15(20)10-21)22-12-14-3-4-14/h8-9,14-16H,2-7,10-12H2,1H3/t15-,16-/m1/s1. The lowest BCUT2D eigenvalue weighted by Crippen LogP contribution is -2.50. The van der Waals surface area contributed by atoms with Crippen LogP contribution in [0.2, 0.25) is 0 Å². The van der Waals surface area contributed by atoms with Crippen LogP contribution in [-0.4, -0.2) is 59.8 Å². The van der Waals surface area contributed by atoms with Crippen LogP contribution in [0.25, 0.3) is 0 Å². The lowest BCUT2D eigenvalue weighted by molar-refractivity contribution is 0.0521. The molecule has 1 aliphatic carbocycles. The average Bonchev–Trinajstić information content (AvgIpc) is 3.30. The molecule has 0 bridgehead atoms. The predicted molar refractivity (Wildman–Crippen MR) is 86.1 cm³/mol. The van der Waals surface area contributed by atoms with Crippen LogP contribution in [0.3, 0.4) is 0 Å². The Balaban J connectivity index is 1.34. The van der Waals surface area contributed by atoms with Crippen molar-refractivity contribution in [2.45, 2.75) is 44.8 Å². The summed E-state index contributed by atoms with van der Waals surface area (Å²) in [6.07, 6.45) is 9.27. The van der Waals surface area contributed by atoms with Crippen molar-refractivity contribution < 1.29 is 4.74 Å². The fourth-order valence-electron chi connectivity index (χ4n) is 3.55. The topological polar surface area (TPSA) is 41.5 Å².